The first kappa shape index (κ1) is 36.5. The summed E-state index contributed by atoms with van der Waals surface area (Å²) in [5, 5.41) is 2.60. The highest BCUT2D eigenvalue weighted by atomic mass is 35.5. The van der Waals surface area contributed by atoms with Crippen molar-refractivity contribution in [1.29, 1.82) is 0 Å². The van der Waals surface area contributed by atoms with E-state index in [4.69, 9.17) is 25.8 Å². The van der Waals surface area contributed by atoms with Crippen LogP contribution in [0.5, 0.6) is 5.75 Å². The number of cyclic esters (lactones) is 1. The number of benzene rings is 2. The summed E-state index contributed by atoms with van der Waals surface area (Å²) in [6.45, 7) is 5.83. The molecule has 3 rings (SSSR count). The Bertz CT molecular complexity index is 1360. The molecule has 0 bridgehead atoms. The maximum absolute atomic E-state index is 13.7. The number of imide groups is 1. The van der Waals surface area contributed by atoms with E-state index in [1.165, 1.54) is 94.5 Å². The number of rotatable bonds is 19. The highest BCUT2D eigenvalue weighted by molar-refractivity contribution is 6.34. The minimum absolute atomic E-state index is 0.00741. The molecule has 250 valence electrons. The number of methoxy groups -OCH3 is 1. The van der Waals surface area contributed by atoms with Gasteiger partial charge in [-0.25, -0.2) is 14.5 Å². The van der Waals surface area contributed by atoms with E-state index < -0.39 is 47.7 Å². The Morgan fingerprint density at radius 2 is 1.48 bits per heavy atom. The Labute approximate surface area is 276 Å². The molecule has 3 amide bonds. The van der Waals surface area contributed by atoms with Crippen molar-refractivity contribution in [3.63, 3.8) is 0 Å². The van der Waals surface area contributed by atoms with Crippen LogP contribution in [0.15, 0.2) is 42.5 Å². The Morgan fingerprint density at radius 1 is 0.891 bits per heavy atom. The predicted molar refractivity (Wildman–Crippen MR) is 175 cm³/mol. The zero-order chi connectivity index (χ0) is 33.6. The van der Waals surface area contributed by atoms with E-state index in [-0.39, 0.29) is 28.4 Å². The van der Waals surface area contributed by atoms with Crippen molar-refractivity contribution in [2.75, 3.05) is 19.0 Å². The van der Waals surface area contributed by atoms with Gasteiger partial charge in [-0.1, -0.05) is 90.2 Å². The van der Waals surface area contributed by atoms with E-state index in [0.29, 0.717) is 10.6 Å². The minimum atomic E-state index is -1.90. The molecule has 46 heavy (non-hydrogen) atoms. The molecule has 1 aliphatic rings. The Kier molecular flexibility index (Phi) is 14.5. The molecule has 1 N–H and O–H groups in total. The van der Waals surface area contributed by atoms with Gasteiger partial charge in [-0.05, 0) is 54.8 Å². The van der Waals surface area contributed by atoms with E-state index in [9.17, 15) is 24.0 Å². The van der Waals surface area contributed by atoms with E-state index in [2.05, 4.69) is 12.2 Å². The van der Waals surface area contributed by atoms with Crippen LogP contribution in [0.3, 0.4) is 0 Å². The monoisotopic (exact) mass is 656 g/mol. The predicted octanol–water partition coefficient (Wildman–Crippen LogP) is 7.62. The van der Waals surface area contributed by atoms with Gasteiger partial charge in [0.25, 0.3) is 11.8 Å². The summed E-state index contributed by atoms with van der Waals surface area (Å²) >= 11 is 6.35. The summed E-state index contributed by atoms with van der Waals surface area (Å²) in [6.07, 6.45) is 9.32. The number of hydrogen-bond donors (Lipinski definition) is 1. The van der Waals surface area contributed by atoms with Gasteiger partial charge in [0.05, 0.1) is 30.0 Å². The van der Waals surface area contributed by atoms with E-state index in [1.54, 1.807) is 13.8 Å². The molecular weight excluding hydrogens is 612 g/mol. The van der Waals surface area contributed by atoms with Crippen molar-refractivity contribution in [2.24, 2.45) is 5.92 Å². The van der Waals surface area contributed by atoms with Crippen molar-refractivity contribution < 1.29 is 38.2 Å². The SMILES string of the molecule is CCCCCCCCCCCCOC(=O)c1ccc(Cl)c(NC(=O)C(C(=O)c2ccc(OC)cc2)N2C(=O)OC(C(C)C)C2=O)c1. The third-order valence-corrected chi connectivity index (χ3v) is 8.16. The number of carbonyl (C=O) groups is 5. The van der Waals surface area contributed by atoms with Crippen LogP contribution >= 0.6 is 11.6 Å². The van der Waals surface area contributed by atoms with Crippen molar-refractivity contribution in [3.05, 3.63) is 58.6 Å². The van der Waals surface area contributed by atoms with E-state index in [1.807, 2.05) is 0 Å². The lowest BCUT2D eigenvalue weighted by atomic mass is 10.00. The van der Waals surface area contributed by atoms with Gasteiger partial charge in [0.15, 0.2) is 17.9 Å². The summed E-state index contributed by atoms with van der Waals surface area (Å²) in [7, 11) is 1.46. The number of unbranched alkanes of at least 4 members (excludes halogenated alkanes) is 9. The molecule has 1 fully saturated rings. The number of ketones is 1. The maximum Gasteiger partial charge on any atom is 0.418 e. The lowest BCUT2D eigenvalue weighted by molar-refractivity contribution is -0.135. The normalized spacial score (nSPS) is 15.1. The zero-order valence-corrected chi connectivity index (χ0v) is 27.9. The summed E-state index contributed by atoms with van der Waals surface area (Å²) in [5.41, 5.74) is 0.208. The van der Waals surface area contributed by atoms with Gasteiger partial charge in [0.1, 0.15) is 5.75 Å². The van der Waals surface area contributed by atoms with Gasteiger partial charge in [0, 0.05) is 5.56 Å². The Hall–Kier alpha value is -3.92. The average molecular weight is 657 g/mol. The van der Waals surface area contributed by atoms with Crippen LogP contribution in [0.1, 0.15) is 106 Å². The second-order valence-electron chi connectivity index (χ2n) is 11.8. The zero-order valence-electron chi connectivity index (χ0n) is 27.1. The fourth-order valence-corrected chi connectivity index (χ4v) is 5.32. The molecule has 1 saturated heterocycles. The number of Topliss-reactive ketones (excluding diaryl/α,β-unsaturated/α-hetero) is 1. The number of carbonyl (C=O) groups excluding carboxylic acids is 5. The first-order valence-electron chi connectivity index (χ1n) is 16.1. The Balaban J connectivity index is 1.67. The van der Waals surface area contributed by atoms with Gasteiger partial charge >= 0.3 is 12.1 Å². The first-order chi connectivity index (χ1) is 22.1. The van der Waals surface area contributed by atoms with Gasteiger partial charge in [0.2, 0.25) is 0 Å². The topological polar surface area (TPSA) is 128 Å². The van der Waals surface area contributed by atoms with Gasteiger partial charge in [-0.15, -0.1) is 0 Å². The lowest BCUT2D eigenvalue weighted by Gasteiger charge is -2.23. The smallest absolute Gasteiger partial charge is 0.418 e. The van der Waals surface area contributed by atoms with Gasteiger partial charge in [-0.2, -0.15) is 0 Å². The highest BCUT2D eigenvalue weighted by Crippen LogP contribution is 2.28. The highest BCUT2D eigenvalue weighted by Gasteiger charge is 2.50. The van der Waals surface area contributed by atoms with Crippen LogP contribution in [0, 0.1) is 5.92 Å². The van der Waals surface area contributed by atoms with Crippen LogP contribution < -0.4 is 10.1 Å². The number of esters is 1. The second kappa shape index (κ2) is 18.3. The van der Waals surface area contributed by atoms with Crippen LogP contribution in [0.2, 0.25) is 5.02 Å². The lowest BCUT2D eigenvalue weighted by Crippen LogP contribution is -2.52. The van der Waals surface area contributed by atoms with Gasteiger partial charge < -0.3 is 19.5 Å². The van der Waals surface area contributed by atoms with Crippen molar-refractivity contribution in [2.45, 2.75) is 97.1 Å². The quantitative estimate of drug-likeness (QED) is 0.0708. The molecule has 2 aromatic carbocycles. The molecule has 2 aromatic rings. The van der Waals surface area contributed by atoms with Crippen molar-refractivity contribution in [1.82, 2.24) is 4.90 Å². The summed E-state index contributed by atoms with van der Waals surface area (Å²) in [4.78, 5) is 66.7. The number of ether oxygens (including phenoxy) is 3. The summed E-state index contributed by atoms with van der Waals surface area (Å²) in [5.74, 6) is -3.15. The minimum Gasteiger partial charge on any atom is -0.497 e. The molecule has 10 nitrogen and oxygen atoms in total. The molecule has 0 saturated carbocycles. The van der Waals surface area contributed by atoms with Gasteiger partial charge in [-0.3, -0.25) is 14.4 Å². The molecule has 0 aromatic heterocycles. The number of amides is 3. The van der Waals surface area contributed by atoms with Crippen molar-refractivity contribution in [3.8, 4) is 5.75 Å². The maximum atomic E-state index is 13.7. The summed E-state index contributed by atoms with van der Waals surface area (Å²) in [6, 6.07) is 8.19. The summed E-state index contributed by atoms with van der Waals surface area (Å²) < 4.78 is 15.8. The first-order valence-corrected chi connectivity index (χ1v) is 16.5. The fourth-order valence-electron chi connectivity index (χ4n) is 5.15. The number of halogens is 1. The second-order valence-corrected chi connectivity index (χ2v) is 12.2. The average Bonchev–Trinajstić information content (AvgIpc) is 3.34. The molecular formula is C35H45ClN2O8. The number of nitrogens with zero attached hydrogens (tertiary/aromatic N) is 1. The largest absolute Gasteiger partial charge is 0.497 e. The van der Waals surface area contributed by atoms with E-state index in [0.717, 1.165) is 19.3 Å². The third kappa shape index (κ3) is 10.0. The molecule has 2 unspecified atom stereocenters. The molecule has 1 heterocycles. The Morgan fingerprint density at radius 3 is 2.04 bits per heavy atom. The molecule has 11 heteroatoms. The number of hydrogen-bond acceptors (Lipinski definition) is 8. The van der Waals surface area contributed by atoms with Crippen LogP contribution in [0.25, 0.3) is 0 Å². The van der Waals surface area contributed by atoms with Crippen LogP contribution in [-0.2, 0) is 19.1 Å². The standard InChI is InChI=1S/C35H45ClN2O8/c1-5-6-7-8-9-10-11-12-13-14-21-45-34(42)25-17-20-27(36)28(22-25)37-32(40)29(30(39)24-15-18-26(44-4)19-16-24)38-33(41)31(23(2)3)46-35(38)43/h15-20,22-23,29,31H,5-14,21H2,1-4H3,(H,37,40). The van der Waals surface area contributed by atoms with Crippen molar-refractivity contribution >= 4 is 46.9 Å². The molecule has 1 aliphatic heterocycles. The number of anilines is 1. The molecule has 0 spiro atoms. The van der Waals surface area contributed by atoms with Crippen LogP contribution in [-0.4, -0.2) is 60.4 Å². The molecule has 2 atom stereocenters. The third-order valence-electron chi connectivity index (χ3n) is 7.83. The molecule has 0 radical (unpaired) electrons. The fraction of sp³-hybridized carbons (Fsp3) is 0.514. The molecule has 0 aliphatic carbocycles. The van der Waals surface area contributed by atoms with Crippen LogP contribution in [0.4, 0.5) is 10.5 Å². The number of nitrogens with one attached hydrogen (secondary N) is 1. The van der Waals surface area contributed by atoms with E-state index >= 15 is 0 Å².